The van der Waals surface area contributed by atoms with E-state index in [2.05, 4.69) is 15.9 Å². The van der Waals surface area contributed by atoms with Crippen molar-refractivity contribution in [3.8, 4) is 0 Å². The highest BCUT2D eigenvalue weighted by molar-refractivity contribution is 9.11. The van der Waals surface area contributed by atoms with Crippen molar-refractivity contribution in [2.75, 3.05) is 26.2 Å². The highest BCUT2D eigenvalue weighted by atomic mass is 79.9. The molecule has 0 spiro atoms. The number of hydrogen-bond donors (Lipinski definition) is 0. The van der Waals surface area contributed by atoms with Gasteiger partial charge in [0.15, 0.2) is 0 Å². The lowest BCUT2D eigenvalue weighted by atomic mass is 10.2. The Morgan fingerprint density at radius 3 is 2.38 bits per heavy atom. The molecule has 3 heterocycles. The van der Waals surface area contributed by atoms with Crippen molar-refractivity contribution in [2.24, 2.45) is 0 Å². The second kappa shape index (κ2) is 6.62. The minimum absolute atomic E-state index is 0.111. The van der Waals surface area contributed by atoms with Crippen LogP contribution in [0.2, 0.25) is 0 Å². The lowest BCUT2D eigenvalue weighted by Gasteiger charge is -2.33. The summed E-state index contributed by atoms with van der Waals surface area (Å²) in [4.78, 5) is 14.2. The fourth-order valence-electron chi connectivity index (χ4n) is 2.71. The molecule has 2 aromatic rings. The number of sulfonamides is 1. The van der Waals surface area contributed by atoms with E-state index in [1.807, 2.05) is 0 Å². The van der Waals surface area contributed by atoms with E-state index in [-0.39, 0.29) is 5.91 Å². The summed E-state index contributed by atoms with van der Waals surface area (Å²) in [6, 6.07) is 5.05. The monoisotopic (exact) mass is 432 g/mol. The maximum Gasteiger partial charge on any atom is 0.257 e. The van der Waals surface area contributed by atoms with Crippen molar-refractivity contribution in [3.63, 3.8) is 0 Å². The van der Waals surface area contributed by atoms with E-state index in [1.165, 1.54) is 15.6 Å². The second-order valence-corrected chi connectivity index (χ2v) is 10.2. The quantitative estimate of drug-likeness (QED) is 0.747. The Bertz CT molecular complexity index is 864. The van der Waals surface area contributed by atoms with Crippen LogP contribution in [0.3, 0.4) is 0 Å². The Balaban J connectivity index is 1.70. The van der Waals surface area contributed by atoms with E-state index in [9.17, 15) is 13.2 Å². The van der Waals surface area contributed by atoms with E-state index in [4.69, 9.17) is 4.42 Å². The first-order valence-corrected chi connectivity index (χ1v) is 10.5. The minimum atomic E-state index is -3.49. The number of carbonyl (C=O) groups excluding carboxylic acids is 1. The van der Waals surface area contributed by atoms with Gasteiger partial charge in [-0.1, -0.05) is 0 Å². The summed E-state index contributed by atoms with van der Waals surface area (Å²) in [5.74, 6) is 1.18. The van der Waals surface area contributed by atoms with Crippen LogP contribution in [0.15, 0.2) is 30.6 Å². The van der Waals surface area contributed by atoms with Gasteiger partial charge in [0.1, 0.15) is 15.7 Å². The van der Waals surface area contributed by atoms with E-state index in [1.54, 1.807) is 36.9 Å². The third kappa shape index (κ3) is 3.30. The van der Waals surface area contributed by atoms with Gasteiger partial charge in [-0.05, 0) is 48.0 Å². The number of halogens is 1. The highest BCUT2D eigenvalue weighted by Gasteiger charge is 2.32. The predicted molar refractivity (Wildman–Crippen MR) is 94.9 cm³/mol. The molecule has 2 aromatic heterocycles. The van der Waals surface area contributed by atoms with Gasteiger partial charge >= 0.3 is 0 Å². The molecule has 0 saturated carbocycles. The maximum absolute atomic E-state index is 12.6. The van der Waals surface area contributed by atoms with E-state index < -0.39 is 10.0 Å². The molecule has 3 rings (SSSR count). The number of rotatable bonds is 3. The van der Waals surface area contributed by atoms with Crippen molar-refractivity contribution in [3.05, 3.63) is 39.1 Å². The summed E-state index contributed by atoms with van der Waals surface area (Å²) in [7, 11) is -3.49. The Kier molecular flexibility index (Phi) is 4.87. The van der Waals surface area contributed by atoms with Gasteiger partial charge in [0.25, 0.3) is 15.9 Å². The first-order chi connectivity index (χ1) is 11.3. The number of piperazine rings is 1. The van der Waals surface area contributed by atoms with Crippen molar-refractivity contribution >= 4 is 43.2 Å². The first kappa shape index (κ1) is 17.7. The summed E-state index contributed by atoms with van der Waals surface area (Å²) >= 11 is 4.48. The summed E-state index contributed by atoms with van der Waals surface area (Å²) in [6.45, 7) is 4.88. The predicted octanol–water partition coefficient (Wildman–Crippen LogP) is 2.87. The van der Waals surface area contributed by atoms with E-state index in [0.29, 0.717) is 47.5 Å². The van der Waals surface area contributed by atoms with Crippen LogP contribution in [0.25, 0.3) is 0 Å². The fourth-order valence-corrected chi connectivity index (χ4v) is 6.30. The van der Waals surface area contributed by atoms with Crippen LogP contribution in [0.1, 0.15) is 21.9 Å². The largest absolute Gasteiger partial charge is 0.466 e. The first-order valence-electron chi connectivity index (χ1n) is 7.41. The molecule has 1 aliphatic heterocycles. The minimum Gasteiger partial charge on any atom is -0.466 e. The van der Waals surface area contributed by atoms with Crippen molar-refractivity contribution in [1.82, 2.24) is 9.21 Å². The number of hydrogen-bond acceptors (Lipinski definition) is 5. The molecule has 130 valence electrons. The molecule has 0 N–H and O–H groups in total. The zero-order chi connectivity index (χ0) is 17.5. The number of furan rings is 1. The topological polar surface area (TPSA) is 70.8 Å². The zero-order valence-corrected chi connectivity index (χ0v) is 16.5. The van der Waals surface area contributed by atoms with Gasteiger partial charge in [-0.15, -0.1) is 11.3 Å². The SMILES string of the molecule is Cc1cc(C(=O)N2CCN(S(=O)(=O)c3ccc(Br)s3)CC2)c(C)o1. The summed E-state index contributed by atoms with van der Waals surface area (Å²) < 4.78 is 33.1. The summed E-state index contributed by atoms with van der Waals surface area (Å²) in [5, 5.41) is 0. The van der Waals surface area contributed by atoms with Gasteiger partial charge in [-0.3, -0.25) is 4.79 Å². The van der Waals surface area contributed by atoms with Crippen LogP contribution in [-0.2, 0) is 10.0 Å². The molecule has 1 amide bonds. The molecule has 0 atom stereocenters. The van der Waals surface area contributed by atoms with Gasteiger partial charge in [-0.25, -0.2) is 8.42 Å². The summed E-state index contributed by atoms with van der Waals surface area (Å²) in [5.41, 5.74) is 0.547. The standard InChI is InChI=1S/C15H17BrN2O4S2/c1-10-9-12(11(2)22-10)15(19)17-5-7-18(8-6-17)24(20,21)14-4-3-13(16)23-14/h3-4,9H,5-8H2,1-2H3. The van der Waals surface area contributed by atoms with Crippen LogP contribution in [0, 0.1) is 13.8 Å². The normalized spacial score (nSPS) is 16.5. The molecule has 1 aliphatic rings. The Hall–Kier alpha value is -1.16. The zero-order valence-electron chi connectivity index (χ0n) is 13.3. The number of carbonyl (C=O) groups is 1. The van der Waals surface area contributed by atoms with Crippen LogP contribution >= 0.6 is 27.3 Å². The molecule has 1 saturated heterocycles. The third-order valence-corrected chi connectivity index (χ3v) is 7.93. The van der Waals surface area contributed by atoms with Crippen LogP contribution in [0.4, 0.5) is 0 Å². The van der Waals surface area contributed by atoms with E-state index >= 15 is 0 Å². The molecule has 24 heavy (non-hydrogen) atoms. The fraction of sp³-hybridized carbons (Fsp3) is 0.400. The Morgan fingerprint density at radius 2 is 1.88 bits per heavy atom. The highest BCUT2D eigenvalue weighted by Crippen LogP contribution is 2.29. The number of nitrogens with zero attached hydrogens (tertiary/aromatic N) is 2. The van der Waals surface area contributed by atoms with E-state index in [0.717, 1.165) is 3.79 Å². The lowest BCUT2D eigenvalue weighted by molar-refractivity contribution is 0.0696. The lowest BCUT2D eigenvalue weighted by Crippen LogP contribution is -2.50. The second-order valence-electron chi connectivity index (χ2n) is 5.58. The number of thiophene rings is 1. The maximum atomic E-state index is 12.6. The van der Waals surface area contributed by atoms with Gasteiger partial charge in [0, 0.05) is 26.2 Å². The average Bonchev–Trinajstić information content (AvgIpc) is 3.12. The number of amides is 1. The van der Waals surface area contributed by atoms with Gasteiger partial charge in [0.05, 0.1) is 9.35 Å². The van der Waals surface area contributed by atoms with Gasteiger partial charge < -0.3 is 9.32 Å². The summed E-state index contributed by atoms with van der Waals surface area (Å²) in [6.07, 6.45) is 0. The van der Waals surface area contributed by atoms with Crippen LogP contribution < -0.4 is 0 Å². The van der Waals surface area contributed by atoms with Crippen LogP contribution in [0.5, 0.6) is 0 Å². The molecule has 9 heteroatoms. The Morgan fingerprint density at radius 1 is 1.21 bits per heavy atom. The van der Waals surface area contributed by atoms with Crippen molar-refractivity contribution in [1.29, 1.82) is 0 Å². The molecule has 1 fully saturated rings. The molecular formula is C15H17BrN2O4S2. The molecule has 0 unspecified atom stereocenters. The molecule has 0 aromatic carbocycles. The average molecular weight is 433 g/mol. The molecule has 0 radical (unpaired) electrons. The molecule has 6 nitrogen and oxygen atoms in total. The van der Waals surface area contributed by atoms with Gasteiger partial charge in [0.2, 0.25) is 0 Å². The smallest absolute Gasteiger partial charge is 0.257 e. The third-order valence-electron chi connectivity index (χ3n) is 3.94. The van der Waals surface area contributed by atoms with Gasteiger partial charge in [-0.2, -0.15) is 4.31 Å². The molecule has 0 aliphatic carbocycles. The van der Waals surface area contributed by atoms with Crippen LogP contribution in [-0.4, -0.2) is 49.7 Å². The van der Waals surface area contributed by atoms with Crippen molar-refractivity contribution in [2.45, 2.75) is 18.1 Å². The molecular weight excluding hydrogens is 416 g/mol. The van der Waals surface area contributed by atoms with Crippen molar-refractivity contribution < 1.29 is 17.6 Å². The molecule has 0 bridgehead atoms. The Labute approximate surface area is 153 Å². The number of aryl methyl sites for hydroxylation is 2.